The molecule has 86 valence electrons. The highest BCUT2D eigenvalue weighted by Gasteiger charge is 2.15. The maximum Gasteiger partial charge on any atom is 0.407 e. The van der Waals surface area contributed by atoms with Crippen molar-refractivity contribution in [3.8, 4) is 0 Å². The zero-order chi connectivity index (χ0) is 11.6. The predicted octanol–water partition coefficient (Wildman–Crippen LogP) is 2.40. The van der Waals surface area contributed by atoms with Crippen LogP contribution in [0.2, 0.25) is 0 Å². The largest absolute Gasteiger partial charge is 0.444 e. The number of hydrogen-bond donors (Lipinski definition) is 2. The average Bonchev–Trinajstić information content (AvgIpc) is 2.05. The molecule has 0 saturated heterocycles. The van der Waals surface area contributed by atoms with Crippen LogP contribution in [0.3, 0.4) is 0 Å². The molecule has 0 aromatic rings. The zero-order valence-electron chi connectivity index (χ0n) is 9.59. The Balaban J connectivity index is 0. The molecule has 4 nitrogen and oxygen atoms in total. The molecule has 0 aliphatic carbocycles. The van der Waals surface area contributed by atoms with Crippen molar-refractivity contribution in [2.75, 3.05) is 13.2 Å². The molecule has 0 aromatic heterocycles. The molecule has 5 heteroatoms. The highest BCUT2D eigenvalue weighted by atomic mass is 32.1. The van der Waals surface area contributed by atoms with Crippen LogP contribution in [0.1, 0.15) is 34.6 Å². The van der Waals surface area contributed by atoms with Crippen molar-refractivity contribution < 1.29 is 13.7 Å². The van der Waals surface area contributed by atoms with Crippen molar-refractivity contribution in [3.63, 3.8) is 0 Å². The number of hydrogen-bond acceptors (Lipinski definition) is 4. The molecule has 0 aliphatic heterocycles. The molecule has 0 saturated carbocycles. The van der Waals surface area contributed by atoms with Crippen molar-refractivity contribution in [1.29, 1.82) is 0 Å². The average molecular weight is 223 g/mol. The lowest BCUT2D eigenvalue weighted by Crippen LogP contribution is -2.33. The van der Waals surface area contributed by atoms with Gasteiger partial charge in [0.05, 0.1) is 6.61 Å². The van der Waals surface area contributed by atoms with E-state index in [0.717, 1.165) is 0 Å². The molecule has 0 unspecified atom stereocenters. The molecule has 0 aliphatic rings. The Hall–Kier alpha value is -0.420. The molecule has 1 N–H and O–H groups in total. The van der Waals surface area contributed by atoms with E-state index in [2.05, 4.69) is 22.4 Å². The highest BCUT2D eigenvalue weighted by Crippen LogP contribution is 2.05. The van der Waals surface area contributed by atoms with E-state index >= 15 is 0 Å². The van der Waals surface area contributed by atoms with Gasteiger partial charge in [0.25, 0.3) is 0 Å². The molecule has 0 heterocycles. The van der Waals surface area contributed by atoms with Gasteiger partial charge in [-0.2, -0.15) is 0 Å². The summed E-state index contributed by atoms with van der Waals surface area (Å²) in [4.78, 5) is 10.9. The summed E-state index contributed by atoms with van der Waals surface area (Å²) in [5, 5.41) is 2.51. The van der Waals surface area contributed by atoms with E-state index in [1.807, 2.05) is 34.6 Å². The van der Waals surface area contributed by atoms with Crippen LogP contribution >= 0.6 is 12.9 Å². The highest BCUT2D eigenvalue weighted by molar-refractivity contribution is 7.75. The first-order chi connectivity index (χ1) is 6.45. The summed E-state index contributed by atoms with van der Waals surface area (Å²) in [5.74, 6) is 0. The van der Waals surface area contributed by atoms with E-state index in [1.165, 1.54) is 0 Å². The molecule has 1 amide bonds. The van der Waals surface area contributed by atoms with Crippen molar-refractivity contribution in [2.24, 2.45) is 0 Å². The first-order valence-corrected chi connectivity index (χ1v) is 5.05. The Kier molecular flexibility index (Phi) is 10.5. The van der Waals surface area contributed by atoms with Crippen LogP contribution in [0.15, 0.2) is 0 Å². The molecule has 0 radical (unpaired) electrons. The number of carbonyl (C=O) groups excluding carboxylic acids is 1. The quantitative estimate of drug-likeness (QED) is 0.439. The van der Waals surface area contributed by atoms with Gasteiger partial charge in [-0.15, -0.1) is 0 Å². The summed E-state index contributed by atoms with van der Waals surface area (Å²) in [6.07, 6.45) is -0.437. The van der Waals surface area contributed by atoms with Gasteiger partial charge in [-0.05, 0) is 33.7 Å². The number of alkyl carbamates (subject to hydrolysis) is 1. The molecule has 0 fully saturated rings. The Morgan fingerprint density at radius 1 is 1.36 bits per heavy atom. The van der Waals surface area contributed by atoms with Gasteiger partial charge < -0.3 is 14.2 Å². The molecule has 0 bridgehead atoms. The van der Waals surface area contributed by atoms with Crippen molar-refractivity contribution in [3.05, 3.63) is 0 Å². The van der Waals surface area contributed by atoms with Gasteiger partial charge in [-0.1, -0.05) is 13.8 Å². The number of amides is 1. The van der Waals surface area contributed by atoms with Gasteiger partial charge in [0.1, 0.15) is 5.60 Å². The fourth-order valence-electron chi connectivity index (χ4n) is 0.513. The SMILES string of the molecule is CC.CC(C)(C)OC(=O)NCCOS. The number of thiol groups is 1. The van der Waals surface area contributed by atoms with Crippen LogP contribution < -0.4 is 5.32 Å². The summed E-state index contributed by atoms with van der Waals surface area (Å²) >= 11 is 3.52. The van der Waals surface area contributed by atoms with Gasteiger partial charge in [-0.3, -0.25) is 0 Å². The summed E-state index contributed by atoms with van der Waals surface area (Å²) in [6.45, 7) is 10.2. The van der Waals surface area contributed by atoms with Crippen LogP contribution in [0.4, 0.5) is 4.79 Å². The van der Waals surface area contributed by atoms with E-state index in [-0.39, 0.29) is 0 Å². The van der Waals surface area contributed by atoms with Crippen LogP contribution in [0, 0.1) is 0 Å². The van der Waals surface area contributed by atoms with Gasteiger partial charge in [0.2, 0.25) is 0 Å². The predicted molar refractivity (Wildman–Crippen MR) is 60.5 cm³/mol. The third-order valence-corrected chi connectivity index (χ3v) is 1.04. The smallest absolute Gasteiger partial charge is 0.407 e. The van der Waals surface area contributed by atoms with Crippen LogP contribution in [0.5, 0.6) is 0 Å². The standard InChI is InChI=1S/C7H15NO3S.C2H6/c1-7(2,3)11-6(9)8-4-5-10-12;1-2/h12H,4-5H2,1-3H3,(H,8,9);1-2H3. The first-order valence-electron chi connectivity index (χ1n) is 4.69. The summed E-state index contributed by atoms with van der Waals surface area (Å²) in [5.41, 5.74) is -0.452. The molecule has 14 heavy (non-hydrogen) atoms. The molecule has 0 aromatic carbocycles. The maximum absolute atomic E-state index is 10.9. The molecular formula is C9H21NO3S. The maximum atomic E-state index is 10.9. The monoisotopic (exact) mass is 223 g/mol. The fourth-order valence-corrected chi connectivity index (χ4v) is 0.604. The second-order valence-electron chi connectivity index (χ2n) is 3.26. The second-order valence-corrected chi connectivity index (χ2v) is 3.52. The molecular weight excluding hydrogens is 202 g/mol. The Morgan fingerprint density at radius 2 is 1.86 bits per heavy atom. The Labute approximate surface area is 92.0 Å². The van der Waals surface area contributed by atoms with Crippen molar-refractivity contribution >= 4 is 19.0 Å². The van der Waals surface area contributed by atoms with Gasteiger partial charge in [-0.25, -0.2) is 4.79 Å². The lowest BCUT2D eigenvalue weighted by atomic mass is 10.2. The lowest BCUT2D eigenvalue weighted by Gasteiger charge is -2.19. The van der Waals surface area contributed by atoms with E-state index < -0.39 is 11.7 Å². The summed E-state index contributed by atoms with van der Waals surface area (Å²) in [6, 6.07) is 0. The van der Waals surface area contributed by atoms with Crippen molar-refractivity contribution in [2.45, 2.75) is 40.2 Å². The number of carbonyl (C=O) groups is 1. The van der Waals surface area contributed by atoms with E-state index in [4.69, 9.17) is 4.74 Å². The summed E-state index contributed by atoms with van der Waals surface area (Å²) in [7, 11) is 0. The normalized spacial score (nSPS) is 9.86. The first kappa shape index (κ1) is 16.0. The van der Waals surface area contributed by atoms with Crippen molar-refractivity contribution in [1.82, 2.24) is 5.32 Å². The number of rotatable bonds is 3. The Bertz CT molecular complexity index is 145. The van der Waals surface area contributed by atoms with Crippen LogP contribution in [-0.4, -0.2) is 24.8 Å². The lowest BCUT2D eigenvalue weighted by molar-refractivity contribution is 0.0522. The zero-order valence-corrected chi connectivity index (χ0v) is 10.5. The molecule has 0 rings (SSSR count). The van der Waals surface area contributed by atoms with Crippen LogP contribution in [0.25, 0.3) is 0 Å². The Morgan fingerprint density at radius 3 is 2.21 bits per heavy atom. The minimum absolute atomic E-state index is 0.363. The van der Waals surface area contributed by atoms with E-state index in [1.54, 1.807) is 0 Å². The topological polar surface area (TPSA) is 47.6 Å². The minimum atomic E-state index is -0.452. The minimum Gasteiger partial charge on any atom is -0.444 e. The van der Waals surface area contributed by atoms with Crippen LogP contribution in [-0.2, 0) is 8.92 Å². The fraction of sp³-hybridized carbons (Fsp3) is 0.889. The third kappa shape index (κ3) is 14.1. The van der Waals surface area contributed by atoms with Gasteiger partial charge >= 0.3 is 6.09 Å². The van der Waals surface area contributed by atoms with E-state index in [9.17, 15) is 4.79 Å². The number of ether oxygens (including phenoxy) is 1. The molecule has 0 atom stereocenters. The van der Waals surface area contributed by atoms with Gasteiger partial charge in [0, 0.05) is 6.54 Å². The third-order valence-electron chi connectivity index (χ3n) is 0.862. The number of nitrogens with one attached hydrogen (secondary N) is 1. The van der Waals surface area contributed by atoms with E-state index in [0.29, 0.717) is 13.2 Å². The van der Waals surface area contributed by atoms with Gasteiger partial charge in [0.15, 0.2) is 0 Å². The summed E-state index contributed by atoms with van der Waals surface area (Å²) < 4.78 is 9.40. The second kappa shape index (κ2) is 9.15. The molecule has 0 spiro atoms.